The summed E-state index contributed by atoms with van der Waals surface area (Å²) in [6, 6.07) is 6.23. The van der Waals surface area contributed by atoms with Crippen molar-refractivity contribution in [2.45, 2.75) is 6.92 Å². The van der Waals surface area contributed by atoms with E-state index in [-0.39, 0.29) is 23.5 Å². The van der Waals surface area contributed by atoms with Gasteiger partial charge in [-0.2, -0.15) is 0 Å². The summed E-state index contributed by atoms with van der Waals surface area (Å²) in [5, 5.41) is 0. The second kappa shape index (κ2) is 9.24. The summed E-state index contributed by atoms with van der Waals surface area (Å²) < 4.78 is 42.0. The molecule has 4 rings (SSSR count). The van der Waals surface area contributed by atoms with E-state index in [2.05, 4.69) is 24.7 Å². The predicted octanol–water partition coefficient (Wildman–Crippen LogP) is 2.43. The third kappa shape index (κ3) is 4.81. The van der Waals surface area contributed by atoms with Crippen molar-refractivity contribution in [2.75, 3.05) is 23.7 Å². The Bertz CT molecular complexity index is 1190. The zero-order chi connectivity index (χ0) is 22.7. The van der Waals surface area contributed by atoms with E-state index in [1.807, 2.05) is 4.90 Å². The number of nitrogen functional groups attached to an aromatic ring is 1. The molecular weight excluding hydrogens is 437 g/mol. The number of aryl methyl sites for hydroxylation is 1. The van der Waals surface area contributed by atoms with Crippen LogP contribution in [-0.4, -0.2) is 41.8 Å². The Balaban J connectivity index is 1.55. The number of rotatable bonds is 7. The van der Waals surface area contributed by atoms with E-state index in [4.69, 9.17) is 15.0 Å². The maximum Gasteiger partial charge on any atom is 0.322 e. The van der Waals surface area contributed by atoms with E-state index < -0.39 is 17.1 Å². The van der Waals surface area contributed by atoms with Gasteiger partial charge in [-0.25, -0.2) is 28.5 Å². The molecule has 0 aliphatic carbocycles. The third-order valence-corrected chi connectivity index (χ3v) is 5.14. The van der Waals surface area contributed by atoms with Gasteiger partial charge in [0.15, 0.2) is 11.6 Å². The van der Waals surface area contributed by atoms with Crippen molar-refractivity contribution in [3.05, 3.63) is 60.6 Å². The average molecular weight is 457 g/mol. The van der Waals surface area contributed by atoms with Gasteiger partial charge in [-0.1, -0.05) is 12.1 Å². The summed E-state index contributed by atoms with van der Waals surface area (Å²) >= 11 is -2.10. The number of nitrogens with zero attached hydrogens (tertiary/aromatic N) is 5. The molecule has 12 heteroatoms. The summed E-state index contributed by atoms with van der Waals surface area (Å²) in [4.78, 5) is 18.5. The number of aromatic nitrogens is 4. The van der Waals surface area contributed by atoms with Crippen LogP contribution in [0.2, 0.25) is 0 Å². The average Bonchev–Trinajstić information content (AvgIpc) is 2.71. The maximum absolute atomic E-state index is 14.8. The molecule has 1 saturated heterocycles. The van der Waals surface area contributed by atoms with Crippen LogP contribution >= 0.6 is 0 Å². The molecule has 3 aromatic rings. The number of halogens is 1. The van der Waals surface area contributed by atoms with Crippen molar-refractivity contribution >= 4 is 22.9 Å². The largest absolute Gasteiger partial charge is 0.421 e. The first-order valence-corrected chi connectivity index (χ1v) is 10.7. The molecule has 1 unspecified atom stereocenters. The highest BCUT2D eigenvalue weighted by molar-refractivity contribution is 7.77. The van der Waals surface area contributed by atoms with Crippen molar-refractivity contribution in [2.24, 2.45) is 5.92 Å². The van der Waals surface area contributed by atoms with E-state index in [9.17, 15) is 8.60 Å². The van der Waals surface area contributed by atoms with E-state index in [1.54, 1.807) is 25.1 Å². The number of nitrogens with two attached hydrogens (primary N) is 1. The standard InChI is InChI=1S/C20H20FN7O3S/c1-12-4-6-23-20(27-12)31-16-3-2-14(8-15(16)21)17-18(22)24-11-25-19(17)28-9-13(10-28)5-7-26-32(29)30/h2-8,11,13,26H,9-10H2,1H3,(H,29,30)(H2,22,24,25). The number of benzene rings is 1. The zero-order valence-electron chi connectivity index (χ0n) is 17.0. The van der Waals surface area contributed by atoms with Gasteiger partial charge in [0.25, 0.3) is 11.3 Å². The molecule has 166 valence electrons. The molecule has 0 amide bonds. The summed E-state index contributed by atoms with van der Waals surface area (Å²) in [6.07, 6.45) is 6.14. The minimum atomic E-state index is -2.10. The van der Waals surface area contributed by atoms with Crippen LogP contribution in [0.4, 0.5) is 16.0 Å². The van der Waals surface area contributed by atoms with Crippen LogP contribution in [0.25, 0.3) is 11.1 Å². The van der Waals surface area contributed by atoms with Gasteiger partial charge < -0.3 is 15.4 Å². The number of ether oxygens (including phenoxy) is 1. The molecule has 0 radical (unpaired) electrons. The second-order valence-electron chi connectivity index (χ2n) is 7.08. The highest BCUT2D eigenvalue weighted by Crippen LogP contribution is 2.38. The lowest BCUT2D eigenvalue weighted by Gasteiger charge is -2.39. The Kier molecular flexibility index (Phi) is 6.23. The Morgan fingerprint density at radius 3 is 2.84 bits per heavy atom. The van der Waals surface area contributed by atoms with Crippen LogP contribution in [0.15, 0.2) is 49.1 Å². The molecule has 2 aromatic heterocycles. The lowest BCUT2D eigenvalue weighted by molar-refractivity contribution is 0.410. The molecule has 1 atom stereocenters. The lowest BCUT2D eigenvalue weighted by atomic mass is 9.98. The number of hydrogen-bond acceptors (Lipinski definition) is 8. The Morgan fingerprint density at radius 1 is 1.31 bits per heavy atom. The van der Waals surface area contributed by atoms with Crippen LogP contribution in [0.3, 0.4) is 0 Å². The molecule has 0 spiro atoms. The van der Waals surface area contributed by atoms with Gasteiger partial charge in [0, 0.05) is 37.1 Å². The lowest BCUT2D eigenvalue weighted by Crippen LogP contribution is -2.46. The van der Waals surface area contributed by atoms with Gasteiger partial charge in [-0.3, -0.25) is 9.27 Å². The summed E-state index contributed by atoms with van der Waals surface area (Å²) in [5.74, 6) is 0.350. The second-order valence-corrected chi connectivity index (χ2v) is 7.81. The first kappa shape index (κ1) is 21.6. The van der Waals surface area contributed by atoms with Crippen LogP contribution in [0, 0.1) is 18.7 Å². The molecular formula is C20H20FN7O3S. The fourth-order valence-electron chi connectivity index (χ4n) is 3.26. The van der Waals surface area contributed by atoms with E-state index in [0.717, 1.165) is 0 Å². The first-order chi connectivity index (χ1) is 15.4. The number of nitrogens with one attached hydrogen (secondary N) is 1. The molecule has 0 bridgehead atoms. The van der Waals surface area contributed by atoms with E-state index in [0.29, 0.717) is 35.7 Å². The van der Waals surface area contributed by atoms with E-state index in [1.165, 1.54) is 30.9 Å². The third-order valence-electron chi connectivity index (χ3n) is 4.80. The van der Waals surface area contributed by atoms with Crippen molar-refractivity contribution in [3.63, 3.8) is 0 Å². The molecule has 10 nitrogen and oxygen atoms in total. The predicted molar refractivity (Wildman–Crippen MR) is 117 cm³/mol. The van der Waals surface area contributed by atoms with Crippen LogP contribution < -0.4 is 20.1 Å². The van der Waals surface area contributed by atoms with Gasteiger partial charge >= 0.3 is 6.01 Å². The van der Waals surface area contributed by atoms with Crippen LogP contribution in [-0.2, 0) is 11.3 Å². The summed E-state index contributed by atoms with van der Waals surface area (Å²) in [5.41, 5.74) is 7.83. The minimum absolute atomic E-state index is 0.0146. The Labute approximate surface area is 185 Å². The van der Waals surface area contributed by atoms with Crippen molar-refractivity contribution in [1.82, 2.24) is 24.7 Å². The summed E-state index contributed by atoms with van der Waals surface area (Å²) in [6.45, 7) is 3.02. The molecule has 4 N–H and O–H groups in total. The molecule has 1 aliphatic rings. The zero-order valence-corrected chi connectivity index (χ0v) is 17.8. The molecule has 32 heavy (non-hydrogen) atoms. The SMILES string of the molecule is Cc1ccnc(Oc2ccc(-c3c(N)ncnc3N3CC(C=CNS(=O)O)C3)cc2F)n1. The van der Waals surface area contributed by atoms with Crippen molar-refractivity contribution in [3.8, 4) is 22.9 Å². The number of hydrogen-bond donors (Lipinski definition) is 3. The van der Waals surface area contributed by atoms with Crippen LogP contribution in [0.5, 0.6) is 11.8 Å². The van der Waals surface area contributed by atoms with Gasteiger partial charge in [-0.05, 0) is 30.7 Å². The van der Waals surface area contributed by atoms with Crippen molar-refractivity contribution < 1.29 is 17.9 Å². The fourth-order valence-corrected chi connectivity index (χ4v) is 3.45. The topological polar surface area (TPSA) is 139 Å². The Morgan fingerprint density at radius 2 is 2.12 bits per heavy atom. The maximum atomic E-state index is 14.8. The smallest absolute Gasteiger partial charge is 0.322 e. The quantitative estimate of drug-likeness (QED) is 0.456. The fraction of sp³-hybridized carbons (Fsp3) is 0.200. The van der Waals surface area contributed by atoms with Gasteiger partial charge in [0.2, 0.25) is 0 Å². The first-order valence-electron chi connectivity index (χ1n) is 9.57. The van der Waals surface area contributed by atoms with E-state index >= 15 is 0 Å². The van der Waals surface area contributed by atoms with Gasteiger partial charge in [0.1, 0.15) is 18.0 Å². The van der Waals surface area contributed by atoms with Gasteiger partial charge in [-0.15, -0.1) is 0 Å². The molecule has 1 aromatic carbocycles. The molecule has 1 fully saturated rings. The summed E-state index contributed by atoms with van der Waals surface area (Å²) in [7, 11) is 0. The monoisotopic (exact) mass is 457 g/mol. The molecule has 1 aliphatic heterocycles. The number of anilines is 2. The minimum Gasteiger partial charge on any atom is -0.421 e. The van der Waals surface area contributed by atoms with Crippen molar-refractivity contribution in [1.29, 1.82) is 0 Å². The normalized spacial score (nSPS) is 14.9. The van der Waals surface area contributed by atoms with Crippen LogP contribution in [0.1, 0.15) is 5.69 Å². The highest BCUT2D eigenvalue weighted by Gasteiger charge is 2.29. The highest BCUT2D eigenvalue weighted by atomic mass is 32.2. The molecule has 3 heterocycles. The molecule has 0 saturated carbocycles. The Hall–Kier alpha value is -3.64. The van der Waals surface area contributed by atoms with Gasteiger partial charge in [0.05, 0.1) is 5.56 Å².